The molecule has 8 heteroatoms. The summed E-state index contributed by atoms with van der Waals surface area (Å²) in [6, 6.07) is 9.42. The van der Waals surface area contributed by atoms with E-state index in [1.54, 1.807) is 36.5 Å². The molecule has 4 rings (SSSR count). The van der Waals surface area contributed by atoms with Gasteiger partial charge in [-0.05, 0) is 36.4 Å². The molecule has 0 saturated heterocycles. The first kappa shape index (κ1) is 16.2. The van der Waals surface area contributed by atoms with Crippen LogP contribution in [0, 0.1) is 5.82 Å². The second-order valence-corrected chi connectivity index (χ2v) is 6.69. The van der Waals surface area contributed by atoms with Gasteiger partial charge >= 0.3 is 0 Å². The van der Waals surface area contributed by atoms with Crippen molar-refractivity contribution in [3.05, 3.63) is 59.5 Å². The fourth-order valence-corrected chi connectivity index (χ4v) is 3.91. The summed E-state index contributed by atoms with van der Waals surface area (Å²) in [5.74, 6) is -1.37. The highest BCUT2D eigenvalue weighted by molar-refractivity contribution is 7.23. The zero-order chi connectivity index (χ0) is 18.4. The summed E-state index contributed by atoms with van der Waals surface area (Å²) in [7, 11) is 1.49. The second kappa shape index (κ2) is 5.92. The molecule has 2 amide bonds. The molecule has 0 fully saturated rings. The summed E-state index contributed by atoms with van der Waals surface area (Å²) >= 11 is 1.38. The van der Waals surface area contributed by atoms with Gasteiger partial charge in [-0.1, -0.05) is 11.3 Å². The van der Waals surface area contributed by atoms with Crippen LogP contribution in [0.3, 0.4) is 0 Å². The zero-order valence-corrected chi connectivity index (χ0v) is 14.4. The number of aromatic nitrogens is 2. The average Bonchev–Trinajstić information content (AvgIpc) is 3.19. The van der Waals surface area contributed by atoms with E-state index in [0.29, 0.717) is 21.8 Å². The molecule has 26 heavy (non-hydrogen) atoms. The number of halogens is 1. The Bertz CT molecular complexity index is 1190. The molecule has 2 aromatic heterocycles. The van der Waals surface area contributed by atoms with E-state index in [0.717, 1.165) is 10.2 Å². The molecule has 2 heterocycles. The first-order valence-corrected chi connectivity index (χ1v) is 8.53. The van der Waals surface area contributed by atoms with Gasteiger partial charge in [0.2, 0.25) is 5.91 Å². The molecule has 0 aliphatic rings. The van der Waals surface area contributed by atoms with Crippen molar-refractivity contribution in [3.63, 3.8) is 0 Å². The average molecular weight is 368 g/mol. The van der Waals surface area contributed by atoms with Gasteiger partial charge in [0.15, 0.2) is 4.96 Å². The van der Waals surface area contributed by atoms with E-state index >= 15 is 0 Å². The van der Waals surface area contributed by atoms with E-state index in [-0.39, 0.29) is 11.5 Å². The van der Waals surface area contributed by atoms with Crippen molar-refractivity contribution in [1.29, 1.82) is 0 Å². The lowest BCUT2D eigenvalue weighted by molar-refractivity contribution is 0.0961. The molecule has 4 aromatic rings. The number of amides is 2. The monoisotopic (exact) mass is 368 g/mol. The van der Waals surface area contributed by atoms with Crippen LogP contribution < -0.4 is 11.1 Å². The molecule has 3 N–H and O–H groups in total. The van der Waals surface area contributed by atoms with E-state index in [9.17, 15) is 14.0 Å². The number of carbonyl (C=O) groups is 2. The Morgan fingerprint density at radius 3 is 2.65 bits per heavy atom. The van der Waals surface area contributed by atoms with E-state index in [2.05, 4.69) is 10.3 Å². The van der Waals surface area contributed by atoms with Crippen LogP contribution in [-0.2, 0) is 0 Å². The summed E-state index contributed by atoms with van der Waals surface area (Å²) in [6.45, 7) is 0. The van der Waals surface area contributed by atoms with E-state index in [1.807, 2.05) is 4.40 Å². The molecule has 0 unspecified atom stereocenters. The van der Waals surface area contributed by atoms with Gasteiger partial charge in [-0.15, -0.1) is 0 Å². The predicted octanol–water partition coefficient (Wildman–Crippen LogP) is 2.81. The highest BCUT2D eigenvalue weighted by atomic mass is 32.1. The van der Waals surface area contributed by atoms with Crippen molar-refractivity contribution in [2.75, 3.05) is 7.05 Å². The van der Waals surface area contributed by atoms with Crippen LogP contribution in [0.2, 0.25) is 0 Å². The fourth-order valence-electron chi connectivity index (χ4n) is 2.87. The Morgan fingerprint density at radius 2 is 1.96 bits per heavy atom. The van der Waals surface area contributed by atoms with Crippen molar-refractivity contribution in [1.82, 2.24) is 14.7 Å². The highest BCUT2D eigenvalue weighted by Crippen LogP contribution is 2.33. The number of primary amides is 1. The van der Waals surface area contributed by atoms with E-state index in [4.69, 9.17) is 5.73 Å². The first-order valence-electron chi connectivity index (χ1n) is 7.71. The Kier molecular flexibility index (Phi) is 3.69. The molecule has 0 bridgehead atoms. The van der Waals surface area contributed by atoms with Crippen LogP contribution in [0.15, 0.2) is 42.6 Å². The molecule has 0 aliphatic carbocycles. The number of nitrogens with one attached hydrogen (secondary N) is 1. The van der Waals surface area contributed by atoms with Gasteiger partial charge in [-0.3, -0.25) is 14.0 Å². The third kappa shape index (κ3) is 2.42. The van der Waals surface area contributed by atoms with Gasteiger partial charge in [0.1, 0.15) is 5.82 Å². The van der Waals surface area contributed by atoms with Crippen LogP contribution in [0.1, 0.15) is 20.7 Å². The normalized spacial score (nSPS) is 11.2. The molecule has 2 aromatic carbocycles. The van der Waals surface area contributed by atoms with Crippen molar-refractivity contribution in [3.8, 4) is 11.3 Å². The molecule has 0 aliphatic heterocycles. The van der Waals surface area contributed by atoms with Crippen LogP contribution >= 0.6 is 11.3 Å². The minimum Gasteiger partial charge on any atom is -0.366 e. The Morgan fingerprint density at radius 1 is 1.19 bits per heavy atom. The summed E-state index contributed by atoms with van der Waals surface area (Å²) in [5.41, 5.74) is 7.69. The lowest BCUT2D eigenvalue weighted by Crippen LogP contribution is -2.17. The maximum absolute atomic E-state index is 14.6. The van der Waals surface area contributed by atoms with E-state index < -0.39 is 11.7 Å². The number of carbonyl (C=O) groups excluding carboxylic acids is 2. The predicted molar refractivity (Wildman–Crippen MR) is 97.9 cm³/mol. The third-order valence-corrected chi connectivity index (χ3v) is 5.17. The molecule has 0 saturated carbocycles. The topological polar surface area (TPSA) is 89.5 Å². The van der Waals surface area contributed by atoms with Crippen LogP contribution in [-0.4, -0.2) is 28.2 Å². The number of nitrogens with two attached hydrogens (primary N) is 1. The van der Waals surface area contributed by atoms with Crippen molar-refractivity contribution in [2.24, 2.45) is 5.73 Å². The first-order chi connectivity index (χ1) is 12.5. The molecule has 0 spiro atoms. The van der Waals surface area contributed by atoms with Crippen LogP contribution in [0.25, 0.3) is 26.4 Å². The maximum Gasteiger partial charge on any atom is 0.251 e. The van der Waals surface area contributed by atoms with Gasteiger partial charge in [0.05, 0.1) is 22.1 Å². The zero-order valence-electron chi connectivity index (χ0n) is 13.6. The number of rotatable bonds is 3. The van der Waals surface area contributed by atoms with Gasteiger partial charge < -0.3 is 11.1 Å². The molecule has 6 nitrogen and oxygen atoms in total. The molecule has 0 atom stereocenters. The quantitative estimate of drug-likeness (QED) is 0.583. The van der Waals surface area contributed by atoms with Crippen LogP contribution in [0.5, 0.6) is 0 Å². The summed E-state index contributed by atoms with van der Waals surface area (Å²) in [5, 5.41) is 2.47. The standard InChI is InChI=1S/C18H13FN4O2S/c1-21-17(25)10-2-4-11(12(19)6-10)14-8-22-18-23(14)13-5-3-9(16(20)24)7-15(13)26-18/h2-8H,1H3,(H2,20,24)(H,21,25). The lowest BCUT2D eigenvalue weighted by atomic mass is 10.1. The minimum absolute atomic E-state index is 0.246. The van der Waals surface area contributed by atoms with Gasteiger partial charge in [0, 0.05) is 23.7 Å². The number of hydrogen-bond acceptors (Lipinski definition) is 4. The number of imidazole rings is 1. The number of benzene rings is 2. The molecule has 130 valence electrons. The third-order valence-electron chi connectivity index (χ3n) is 4.15. The van der Waals surface area contributed by atoms with Gasteiger partial charge in [-0.2, -0.15) is 0 Å². The number of hydrogen-bond donors (Lipinski definition) is 2. The number of fused-ring (bicyclic) bond motifs is 3. The highest BCUT2D eigenvalue weighted by Gasteiger charge is 2.17. The minimum atomic E-state index is -0.513. The Balaban J connectivity index is 1.91. The summed E-state index contributed by atoms with van der Waals surface area (Å²) in [6.07, 6.45) is 1.59. The second-order valence-electron chi connectivity index (χ2n) is 5.68. The number of nitrogens with zero attached hydrogens (tertiary/aromatic N) is 2. The Hall–Kier alpha value is -3.26. The Labute approximate surface area is 151 Å². The smallest absolute Gasteiger partial charge is 0.251 e. The van der Waals surface area contributed by atoms with Crippen molar-refractivity contribution in [2.45, 2.75) is 0 Å². The summed E-state index contributed by atoms with van der Waals surface area (Å²) in [4.78, 5) is 28.0. The van der Waals surface area contributed by atoms with E-state index in [1.165, 1.54) is 24.5 Å². The largest absolute Gasteiger partial charge is 0.366 e. The van der Waals surface area contributed by atoms with Gasteiger partial charge in [-0.25, -0.2) is 9.37 Å². The fraction of sp³-hybridized carbons (Fsp3) is 0.0556. The summed E-state index contributed by atoms with van der Waals surface area (Å²) < 4.78 is 17.3. The van der Waals surface area contributed by atoms with Crippen molar-refractivity contribution >= 4 is 38.3 Å². The van der Waals surface area contributed by atoms with Gasteiger partial charge in [0.25, 0.3) is 5.91 Å². The number of thiazole rings is 1. The van der Waals surface area contributed by atoms with Crippen molar-refractivity contribution < 1.29 is 14.0 Å². The maximum atomic E-state index is 14.6. The van der Waals surface area contributed by atoms with Crippen LogP contribution in [0.4, 0.5) is 4.39 Å². The molecule has 0 radical (unpaired) electrons. The lowest BCUT2D eigenvalue weighted by Gasteiger charge is -2.06. The SMILES string of the molecule is CNC(=O)c1ccc(-c2cnc3sc4cc(C(N)=O)ccc4n23)c(F)c1. The molecular weight excluding hydrogens is 355 g/mol. The molecular formula is C18H13FN4O2S.